The first-order valence-corrected chi connectivity index (χ1v) is 12.2. The van der Waals surface area contributed by atoms with Crippen molar-refractivity contribution in [3.8, 4) is 5.75 Å². The summed E-state index contributed by atoms with van der Waals surface area (Å²) in [6.07, 6.45) is -0.141. The molecule has 0 saturated carbocycles. The van der Waals surface area contributed by atoms with Crippen LogP contribution in [0.1, 0.15) is 17.2 Å². The maximum atomic E-state index is 13.9. The highest BCUT2D eigenvalue weighted by Crippen LogP contribution is 2.51. The van der Waals surface area contributed by atoms with Crippen LogP contribution in [0.15, 0.2) is 72.8 Å². The molecule has 0 radical (unpaired) electrons. The zero-order valence-electron chi connectivity index (χ0n) is 21.1. The summed E-state index contributed by atoms with van der Waals surface area (Å²) in [5, 5.41) is 34.8. The van der Waals surface area contributed by atoms with E-state index in [1.807, 2.05) is 31.1 Å². The lowest BCUT2D eigenvalue weighted by atomic mass is 9.76. The first-order chi connectivity index (χ1) is 18.5. The van der Waals surface area contributed by atoms with E-state index in [1.54, 1.807) is 24.3 Å². The lowest BCUT2D eigenvalue weighted by Gasteiger charge is -2.31. The number of nitro benzene ring substituents is 1. The Kier molecular flexibility index (Phi) is 6.31. The minimum absolute atomic E-state index is 0.00297. The summed E-state index contributed by atoms with van der Waals surface area (Å²) >= 11 is 0. The number of amides is 2. The number of non-ortho nitro benzene ring substituents is 1. The molecular weight excluding hydrogens is 504 g/mol. The number of hydrogen-bond acceptors (Lipinski definition) is 8. The van der Waals surface area contributed by atoms with Crippen LogP contribution >= 0.6 is 0 Å². The van der Waals surface area contributed by atoms with Crippen LogP contribution in [0.5, 0.6) is 5.75 Å². The number of aliphatic carboxylic acids is 1. The first kappa shape index (κ1) is 25.9. The van der Waals surface area contributed by atoms with E-state index in [9.17, 15) is 34.7 Å². The van der Waals surface area contributed by atoms with Gasteiger partial charge < -0.3 is 15.1 Å². The molecule has 2 fully saturated rings. The highest BCUT2D eigenvalue weighted by Gasteiger charge is 2.68. The Labute approximate surface area is 223 Å². The molecule has 11 nitrogen and oxygen atoms in total. The van der Waals surface area contributed by atoms with Gasteiger partial charge in [-0.15, -0.1) is 0 Å². The summed E-state index contributed by atoms with van der Waals surface area (Å²) in [7, 11) is 3.75. The number of carboxylic acid groups (broad SMARTS) is 1. The van der Waals surface area contributed by atoms with Crippen molar-refractivity contribution in [1.82, 2.24) is 5.32 Å². The number of carbonyl (C=O) groups excluding carboxylic acids is 2. The Morgan fingerprint density at radius 3 is 2.31 bits per heavy atom. The Bertz CT molecular complexity index is 1470. The molecule has 200 valence electrons. The van der Waals surface area contributed by atoms with Gasteiger partial charge in [-0.2, -0.15) is 0 Å². The van der Waals surface area contributed by atoms with E-state index in [4.69, 9.17) is 0 Å². The van der Waals surface area contributed by atoms with Crippen molar-refractivity contribution in [3.63, 3.8) is 0 Å². The molecule has 3 aromatic rings. The number of nitro groups is 1. The van der Waals surface area contributed by atoms with Gasteiger partial charge in [-0.3, -0.25) is 29.8 Å². The van der Waals surface area contributed by atoms with Crippen molar-refractivity contribution in [2.24, 2.45) is 11.8 Å². The SMILES string of the molecule is CN(C)c1ccc(C2NC(Cc3ccc(O)cc3)(C(=O)O)C3C(=O)N(c4cccc([N+](=O)[O-])c4)C(=O)C23)cc1. The molecule has 4 unspecified atom stereocenters. The van der Waals surface area contributed by atoms with Gasteiger partial charge in [0.2, 0.25) is 11.8 Å². The summed E-state index contributed by atoms with van der Waals surface area (Å²) in [5.74, 6) is -5.05. The molecule has 5 rings (SSSR count). The van der Waals surface area contributed by atoms with Gasteiger partial charge in [0.25, 0.3) is 5.69 Å². The van der Waals surface area contributed by atoms with Crippen LogP contribution < -0.4 is 15.1 Å². The normalized spacial score (nSPS) is 24.1. The summed E-state index contributed by atoms with van der Waals surface area (Å²) < 4.78 is 0. The number of phenolic OH excluding ortho intramolecular Hbond substituents is 1. The molecule has 3 aromatic carbocycles. The number of fused-ring (bicyclic) bond motifs is 1. The summed E-state index contributed by atoms with van der Waals surface area (Å²) in [4.78, 5) is 54.4. The van der Waals surface area contributed by atoms with E-state index >= 15 is 0 Å². The standard InChI is InChI=1S/C28H26N4O7/c1-30(2)18-10-8-17(9-11-18)24-22-23(28(29-24,27(36)37)15-16-6-12-21(33)13-7-16)26(35)31(25(22)34)19-4-3-5-20(14-19)32(38)39/h3-14,22-24,29,33H,15H2,1-2H3,(H,36,37). The number of nitrogens with zero attached hydrogens (tertiary/aromatic N) is 3. The Morgan fingerprint density at radius 1 is 1.05 bits per heavy atom. The number of imide groups is 1. The average Bonchev–Trinajstić information content (AvgIpc) is 3.39. The monoisotopic (exact) mass is 530 g/mol. The molecule has 2 heterocycles. The number of rotatable bonds is 7. The smallest absolute Gasteiger partial charge is 0.325 e. The third-order valence-corrected chi connectivity index (χ3v) is 7.52. The molecule has 11 heteroatoms. The van der Waals surface area contributed by atoms with Gasteiger partial charge in [0, 0.05) is 44.4 Å². The molecular formula is C28H26N4O7. The molecule has 2 aliphatic rings. The Hall–Kier alpha value is -4.77. The number of nitrogens with one attached hydrogen (secondary N) is 1. The van der Waals surface area contributed by atoms with Gasteiger partial charge in [-0.25, -0.2) is 4.90 Å². The van der Waals surface area contributed by atoms with Crippen LogP contribution in [0.25, 0.3) is 0 Å². The van der Waals surface area contributed by atoms with Gasteiger partial charge in [0.05, 0.1) is 22.4 Å². The highest BCUT2D eigenvalue weighted by molar-refractivity contribution is 6.24. The van der Waals surface area contributed by atoms with Crippen LogP contribution in [-0.2, 0) is 20.8 Å². The van der Waals surface area contributed by atoms with Crippen molar-refractivity contribution < 1.29 is 29.5 Å². The minimum atomic E-state index is -1.87. The number of hydrogen-bond donors (Lipinski definition) is 3. The summed E-state index contributed by atoms with van der Waals surface area (Å²) in [6.45, 7) is 0. The summed E-state index contributed by atoms with van der Waals surface area (Å²) in [5.41, 5.74) is -0.0826. The number of phenols is 1. The molecule has 39 heavy (non-hydrogen) atoms. The van der Waals surface area contributed by atoms with Crippen molar-refractivity contribution >= 4 is 34.8 Å². The van der Waals surface area contributed by atoms with Gasteiger partial charge in [0.1, 0.15) is 11.3 Å². The lowest BCUT2D eigenvalue weighted by Crippen LogP contribution is -2.57. The molecule has 0 aliphatic carbocycles. The molecule has 0 bridgehead atoms. The van der Waals surface area contributed by atoms with E-state index in [0.29, 0.717) is 11.1 Å². The molecule has 3 N–H and O–H groups in total. The Morgan fingerprint density at radius 2 is 1.72 bits per heavy atom. The topological polar surface area (TPSA) is 153 Å². The third kappa shape index (κ3) is 4.26. The maximum absolute atomic E-state index is 13.9. The molecule has 2 amide bonds. The predicted molar refractivity (Wildman–Crippen MR) is 141 cm³/mol. The van der Waals surface area contributed by atoms with E-state index < -0.39 is 46.1 Å². The average molecular weight is 531 g/mol. The van der Waals surface area contributed by atoms with E-state index in [1.165, 1.54) is 30.3 Å². The number of aromatic hydroxyl groups is 1. The van der Waals surface area contributed by atoms with Gasteiger partial charge in [-0.1, -0.05) is 30.3 Å². The summed E-state index contributed by atoms with van der Waals surface area (Å²) in [6, 6.07) is 17.6. The maximum Gasteiger partial charge on any atom is 0.325 e. The predicted octanol–water partition coefficient (Wildman–Crippen LogP) is 2.88. The molecule has 0 spiro atoms. The second-order valence-corrected chi connectivity index (χ2v) is 10.0. The highest BCUT2D eigenvalue weighted by atomic mass is 16.6. The molecule has 0 aromatic heterocycles. The fourth-order valence-electron chi connectivity index (χ4n) is 5.64. The quantitative estimate of drug-likeness (QED) is 0.238. The minimum Gasteiger partial charge on any atom is -0.508 e. The van der Waals surface area contributed by atoms with E-state index in [2.05, 4.69) is 5.32 Å². The number of carbonyl (C=O) groups is 3. The zero-order chi connectivity index (χ0) is 28.1. The molecule has 2 aliphatic heterocycles. The number of anilines is 2. The van der Waals surface area contributed by atoms with Gasteiger partial charge in [0.15, 0.2) is 0 Å². The van der Waals surface area contributed by atoms with Crippen molar-refractivity contribution in [2.75, 3.05) is 23.9 Å². The van der Waals surface area contributed by atoms with Crippen molar-refractivity contribution in [2.45, 2.75) is 18.0 Å². The fraction of sp³-hybridized carbons (Fsp3) is 0.250. The second kappa shape index (κ2) is 9.52. The van der Waals surface area contributed by atoms with Crippen LogP contribution in [0.2, 0.25) is 0 Å². The second-order valence-electron chi connectivity index (χ2n) is 10.0. The van der Waals surface area contributed by atoms with Crippen LogP contribution in [0, 0.1) is 22.0 Å². The van der Waals surface area contributed by atoms with Gasteiger partial charge >= 0.3 is 5.97 Å². The van der Waals surface area contributed by atoms with Gasteiger partial charge in [-0.05, 0) is 41.5 Å². The lowest BCUT2D eigenvalue weighted by molar-refractivity contribution is -0.384. The number of carboxylic acids is 1. The fourth-order valence-corrected chi connectivity index (χ4v) is 5.64. The Balaban J connectivity index is 1.64. The largest absolute Gasteiger partial charge is 0.508 e. The van der Waals surface area contributed by atoms with Crippen LogP contribution in [-0.4, -0.2) is 52.6 Å². The van der Waals surface area contributed by atoms with E-state index in [-0.39, 0.29) is 23.5 Å². The third-order valence-electron chi connectivity index (χ3n) is 7.52. The van der Waals surface area contributed by atoms with E-state index in [0.717, 1.165) is 16.7 Å². The molecule has 2 saturated heterocycles. The van der Waals surface area contributed by atoms with Crippen LogP contribution in [0.3, 0.4) is 0 Å². The zero-order valence-corrected chi connectivity index (χ0v) is 21.1. The number of benzene rings is 3. The van der Waals surface area contributed by atoms with Crippen molar-refractivity contribution in [3.05, 3.63) is 94.0 Å². The van der Waals surface area contributed by atoms with Crippen LogP contribution in [0.4, 0.5) is 17.1 Å². The first-order valence-electron chi connectivity index (χ1n) is 12.2. The molecule has 4 atom stereocenters. The van der Waals surface area contributed by atoms with Crippen molar-refractivity contribution in [1.29, 1.82) is 0 Å².